The Morgan fingerprint density at radius 3 is 2.71 bits per heavy atom. The minimum Gasteiger partial charge on any atom is -0.369 e. The Kier molecular flexibility index (Phi) is 1.15. The standard InChI is InChI=1S/C4H8N2S/c1-3-5-2-4(7)6-3/h2-3,5-7H,1H3. The van der Waals surface area contributed by atoms with Crippen molar-refractivity contribution in [1.29, 1.82) is 0 Å². The molecule has 0 aliphatic carbocycles. The van der Waals surface area contributed by atoms with Crippen molar-refractivity contribution in [3.05, 3.63) is 11.2 Å². The van der Waals surface area contributed by atoms with Gasteiger partial charge in [0.25, 0.3) is 0 Å². The van der Waals surface area contributed by atoms with Crippen molar-refractivity contribution < 1.29 is 0 Å². The molecule has 0 saturated heterocycles. The van der Waals surface area contributed by atoms with Crippen LogP contribution in [0, 0.1) is 0 Å². The van der Waals surface area contributed by atoms with Crippen LogP contribution in [0.25, 0.3) is 0 Å². The van der Waals surface area contributed by atoms with Crippen molar-refractivity contribution in [2.45, 2.75) is 13.1 Å². The Morgan fingerprint density at radius 1 is 1.86 bits per heavy atom. The van der Waals surface area contributed by atoms with Gasteiger partial charge in [0.1, 0.15) is 0 Å². The lowest BCUT2D eigenvalue weighted by atomic mass is 10.6. The van der Waals surface area contributed by atoms with Gasteiger partial charge in [-0.2, -0.15) is 0 Å². The first-order valence-electron chi connectivity index (χ1n) is 2.21. The first-order chi connectivity index (χ1) is 3.29. The maximum atomic E-state index is 4.04. The van der Waals surface area contributed by atoms with Gasteiger partial charge in [-0.3, -0.25) is 0 Å². The molecule has 1 heterocycles. The second kappa shape index (κ2) is 1.66. The molecule has 1 rings (SSSR count). The number of hydrogen-bond acceptors (Lipinski definition) is 3. The third-order valence-corrected chi connectivity index (χ3v) is 1.09. The van der Waals surface area contributed by atoms with Gasteiger partial charge in [0.05, 0.1) is 11.2 Å². The third kappa shape index (κ3) is 1.03. The van der Waals surface area contributed by atoms with Crippen LogP contribution >= 0.6 is 12.6 Å². The fourth-order valence-electron chi connectivity index (χ4n) is 0.509. The Bertz CT molecular complexity index is 99.9. The van der Waals surface area contributed by atoms with Crippen molar-refractivity contribution in [1.82, 2.24) is 10.6 Å². The van der Waals surface area contributed by atoms with Crippen LogP contribution in [0.4, 0.5) is 0 Å². The number of hydrogen-bond donors (Lipinski definition) is 3. The van der Waals surface area contributed by atoms with Gasteiger partial charge in [0.15, 0.2) is 0 Å². The van der Waals surface area contributed by atoms with Gasteiger partial charge < -0.3 is 10.6 Å². The van der Waals surface area contributed by atoms with E-state index < -0.39 is 0 Å². The number of rotatable bonds is 0. The topological polar surface area (TPSA) is 24.1 Å². The highest BCUT2D eigenvalue weighted by atomic mass is 32.1. The average Bonchev–Trinajstić information content (AvgIpc) is 1.87. The molecule has 2 nitrogen and oxygen atoms in total. The van der Waals surface area contributed by atoms with Crippen LogP contribution < -0.4 is 10.6 Å². The molecular weight excluding hydrogens is 108 g/mol. The summed E-state index contributed by atoms with van der Waals surface area (Å²) in [6, 6.07) is 0. The van der Waals surface area contributed by atoms with Crippen molar-refractivity contribution >= 4 is 12.6 Å². The van der Waals surface area contributed by atoms with Gasteiger partial charge in [-0.1, -0.05) is 0 Å². The van der Waals surface area contributed by atoms with E-state index in [0.29, 0.717) is 6.17 Å². The second-order valence-electron chi connectivity index (χ2n) is 1.56. The molecule has 0 aromatic rings. The summed E-state index contributed by atoms with van der Waals surface area (Å²) < 4.78 is 0. The van der Waals surface area contributed by atoms with Gasteiger partial charge in [0.2, 0.25) is 0 Å². The maximum absolute atomic E-state index is 4.04. The van der Waals surface area contributed by atoms with E-state index in [1.165, 1.54) is 0 Å². The molecule has 0 aromatic carbocycles. The summed E-state index contributed by atoms with van der Waals surface area (Å²) in [7, 11) is 0. The fourth-order valence-corrected chi connectivity index (χ4v) is 0.777. The zero-order chi connectivity index (χ0) is 5.28. The molecule has 1 aliphatic rings. The van der Waals surface area contributed by atoms with E-state index in [1.807, 2.05) is 13.1 Å². The third-order valence-electron chi connectivity index (χ3n) is 0.834. The van der Waals surface area contributed by atoms with E-state index in [9.17, 15) is 0 Å². The molecule has 0 amide bonds. The van der Waals surface area contributed by atoms with Crippen LogP contribution in [0.5, 0.6) is 0 Å². The first-order valence-corrected chi connectivity index (χ1v) is 2.65. The monoisotopic (exact) mass is 116 g/mol. The van der Waals surface area contributed by atoms with E-state index in [0.717, 1.165) is 5.03 Å². The zero-order valence-corrected chi connectivity index (χ0v) is 5.00. The molecule has 0 bridgehead atoms. The van der Waals surface area contributed by atoms with Crippen LogP contribution in [-0.4, -0.2) is 6.17 Å². The maximum Gasteiger partial charge on any atom is 0.0935 e. The SMILES string of the molecule is CC1NC=C(S)N1. The van der Waals surface area contributed by atoms with Gasteiger partial charge in [-0.05, 0) is 6.92 Å². The van der Waals surface area contributed by atoms with Crippen molar-refractivity contribution in [3.63, 3.8) is 0 Å². The molecule has 0 spiro atoms. The molecule has 0 aromatic heterocycles. The Balaban J connectivity index is 2.42. The van der Waals surface area contributed by atoms with E-state index in [2.05, 4.69) is 23.3 Å². The lowest BCUT2D eigenvalue weighted by Gasteiger charge is -2.02. The molecule has 1 atom stereocenters. The molecular formula is C4H8N2S. The van der Waals surface area contributed by atoms with E-state index in [1.54, 1.807) is 0 Å². The zero-order valence-electron chi connectivity index (χ0n) is 4.10. The van der Waals surface area contributed by atoms with E-state index >= 15 is 0 Å². The largest absolute Gasteiger partial charge is 0.369 e. The lowest BCUT2D eigenvalue weighted by molar-refractivity contribution is 0.623. The minimum atomic E-state index is 0.354. The lowest BCUT2D eigenvalue weighted by Crippen LogP contribution is -2.27. The molecule has 7 heavy (non-hydrogen) atoms. The summed E-state index contributed by atoms with van der Waals surface area (Å²) in [5.41, 5.74) is 0. The summed E-state index contributed by atoms with van der Waals surface area (Å²) in [6.45, 7) is 2.03. The predicted molar refractivity (Wildman–Crippen MR) is 32.8 cm³/mol. The quantitative estimate of drug-likeness (QED) is 0.395. The van der Waals surface area contributed by atoms with Crippen molar-refractivity contribution in [3.8, 4) is 0 Å². The van der Waals surface area contributed by atoms with Gasteiger partial charge in [-0.25, -0.2) is 0 Å². The highest BCUT2D eigenvalue weighted by Gasteiger charge is 2.03. The Morgan fingerprint density at radius 2 is 2.57 bits per heavy atom. The van der Waals surface area contributed by atoms with E-state index in [4.69, 9.17) is 0 Å². The minimum absolute atomic E-state index is 0.354. The molecule has 40 valence electrons. The van der Waals surface area contributed by atoms with Crippen LogP contribution in [0.15, 0.2) is 11.2 Å². The summed E-state index contributed by atoms with van der Waals surface area (Å²) in [5, 5.41) is 6.96. The first kappa shape index (κ1) is 4.84. The molecule has 0 saturated carbocycles. The van der Waals surface area contributed by atoms with Gasteiger partial charge in [0, 0.05) is 6.20 Å². The molecule has 1 aliphatic heterocycles. The van der Waals surface area contributed by atoms with Crippen molar-refractivity contribution in [2.24, 2.45) is 0 Å². The van der Waals surface area contributed by atoms with Gasteiger partial charge in [-0.15, -0.1) is 12.6 Å². The summed E-state index contributed by atoms with van der Waals surface area (Å²) in [4.78, 5) is 0. The summed E-state index contributed by atoms with van der Waals surface area (Å²) >= 11 is 4.04. The smallest absolute Gasteiger partial charge is 0.0935 e. The number of nitrogens with one attached hydrogen (secondary N) is 2. The van der Waals surface area contributed by atoms with Crippen LogP contribution in [0.2, 0.25) is 0 Å². The highest BCUT2D eigenvalue weighted by molar-refractivity contribution is 7.84. The molecule has 0 fully saturated rings. The Labute approximate surface area is 48.4 Å². The number of thiol groups is 1. The summed E-state index contributed by atoms with van der Waals surface area (Å²) in [5.74, 6) is 0. The molecule has 0 radical (unpaired) electrons. The normalized spacial score (nSPS) is 28.3. The van der Waals surface area contributed by atoms with Crippen LogP contribution in [0.1, 0.15) is 6.92 Å². The van der Waals surface area contributed by atoms with Crippen LogP contribution in [0.3, 0.4) is 0 Å². The van der Waals surface area contributed by atoms with Gasteiger partial charge >= 0.3 is 0 Å². The van der Waals surface area contributed by atoms with E-state index in [-0.39, 0.29) is 0 Å². The molecule has 1 unspecified atom stereocenters. The molecule has 2 N–H and O–H groups in total. The van der Waals surface area contributed by atoms with Crippen molar-refractivity contribution in [2.75, 3.05) is 0 Å². The average molecular weight is 116 g/mol. The fraction of sp³-hybridized carbons (Fsp3) is 0.500. The summed E-state index contributed by atoms with van der Waals surface area (Å²) in [6.07, 6.45) is 2.20. The highest BCUT2D eigenvalue weighted by Crippen LogP contribution is 1.99. The molecule has 3 heteroatoms. The second-order valence-corrected chi connectivity index (χ2v) is 2.04. The Hall–Kier alpha value is -0.310. The predicted octanol–water partition coefficient (Wildman–Crippen LogP) is 0.254. The van der Waals surface area contributed by atoms with Crippen LogP contribution in [-0.2, 0) is 0 Å².